The molecule has 1 aromatic heterocycles. The molecule has 0 aliphatic heterocycles. The Balaban J connectivity index is 2.69. The highest BCUT2D eigenvalue weighted by Crippen LogP contribution is 2.14. The van der Waals surface area contributed by atoms with Gasteiger partial charge in [0.05, 0.1) is 18.8 Å². The molecule has 0 atom stereocenters. The predicted molar refractivity (Wildman–Crippen MR) is 61.0 cm³/mol. The number of aryl methyl sites for hydroxylation is 1. The van der Waals surface area contributed by atoms with Crippen LogP contribution in [-0.2, 0) is 13.0 Å². The molecule has 0 saturated heterocycles. The maximum Gasteiger partial charge on any atom is 0.0644 e. The van der Waals surface area contributed by atoms with Crippen molar-refractivity contribution in [3.05, 3.63) is 17.0 Å². The molecule has 4 nitrogen and oxygen atoms in total. The molecule has 0 aliphatic rings. The molecule has 0 fully saturated rings. The van der Waals surface area contributed by atoms with Crippen LogP contribution >= 0.6 is 0 Å². The van der Waals surface area contributed by atoms with Gasteiger partial charge in [0.2, 0.25) is 0 Å². The Morgan fingerprint density at radius 2 is 2.13 bits per heavy atom. The third kappa shape index (κ3) is 3.04. The summed E-state index contributed by atoms with van der Waals surface area (Å²) in [4.78, 5) is 0. The summed E-state index contributed by atoms with van der Waals surface area (Å²) >= 11 is 0. The van der Waals surface area contributed by atoms with Gasteiger partial charge in [0.25, 0.3) is 0 Å². The molecule has 0 spiro atoms. The van der Waals surface area contributed by atoms with Crippen molar-refractivity contribution in [1.29, 1.82) is 0 Å². The molecule has 15 heavy (non-hydrogen) atoms. The molecule has 1 rings (SSSR count). The second kappa shape index (κ2) is 5.88. The maximum atomic E-state index is 8.89. The highest BCUT2D eigenvalue weighted by Gasteiger charge is 2.10. The molecule has 1 heterocycles. The molecule has 0 aromatic carbocycles. The van der Waals surface area contributed by atoms with Crippen LogP contribution in [0.25, 0.3) is 0 Å². The topological polar surface area (TPSA) is 50.1 Å². The van der Waals surface area contributed by atoms with E-state index in [1.54, 1.807) is 0 Å². The maximum absolute atomic E-state index is 8.89. The third-order valence-electron chi connectivity index (χ3n) is 2.70. The van der Waals surface area contributed by atoms with Gasteiger partial charge in [-0.1, -0.05) is 0 Å². The predicted octanol–water partition coefficient (Wildman–Crippen LogP) is 0.644. The summed E-state index contributed by atoms with van der Waals surface area (Å²) in [6, 6.07) is 0. The number of nitrogens with one attached hydrogen (secondary N) is 1. The first-order valence-electron chi connectivity index (χ1n) is 5.49. The van der Waals surface area contributed by atoms with E-state index in [1.165, 1.54) is 11.3 Å². The zero-order valence-electron chi connectivity index (χ0n) is 9.88. The van der Waals surface area contributed by atoms with Gasteiger partial charge in [-0.15, -0.1) is 0 Å². The Morgan fingerprint density at radius 1 is 1.40 bits per heavy atom. The summed E-state index contributed by atoms with van der Waals surface area (Å²) in [5.74, 6) is 0. The van der Waals surface area contributed by atoms with E-state index in [4.69, 9.17) is 5.11 Å². The summed E-state index contributed by atoms with van der Waals surface area (Å²) in [6.07, 6.45) is 2.19. The average Bonchev–Trinajstić information content (AvgIpc) is 2.46. The first kappa shape index (κ1) is 12.2. The first-order valence-corrected chi connectivity index (χ1v) is 5.49. The lowest BCUT2D eigenvalue weighted by Crippen LogP contribution is -2.09. The van der Waals surface area contributed by atoms with Crippen LogP contribution in [0.5, 0.6) is 0 Å². The van der Waals surface area contributed by atoms with Gasteiger partial charge >= 0.3 is 0 Å². The summed E-state index contributed by atoms with van der Waals surface area (Å²) in [5.41, 5.74) is 3.62. The minimum absolute atomic E-state index is 0.151. The van der Waals surface area contributed by atoms with Crippen molar-refractivity contribution in [2.75, 3.05) is 20.2 Å². The van der Waals surface area contributed by atoms with Gasteiger partial charge in [-0.05, 0) is 45.8 Å². The lowest BCUT2D eigenvalue weighted by Gasteiger charge is -2.03. The number of rotatable bonds is 6. The van der Waals surface area contributed by atoms with E-state index in [-0.39, 0.29) is 6.61 Å². The smallest absolute Gasteiger partial charge is 0.0644 e. The SMILES string of the molecule is CNCCCc1c(C)nn(CCO)c1C. The van der Waals surface area contributed by atoms with Crippen LogP contribution < -0.4 is 5.32 Å². The highest BCUT2D eigenvalue weighted by molar-refractivity contribution is 5.24. The normalized spacial score (nSPS) is 10.9. The zero-order valence-corrected chi connectivity index (χ0v) is 9.88. The molecule has 2 N–H and O–H groups in total. The van der Waals surface area contributed by atoms with Gasteiger partial charge in [-0.25, -0.2) is 0 Å². The van der Waals surface area contributed by atoms with Crippen molar-refractivity contribution in [2.24, 2.45) is 0 Å². The van der Waals surface area contributed by atoms with Crippen LogP contribution in [0.1, 0.15) is 23.4 Å². The van der Waals surface area contributed by atoms with Crippen molar-refractivity contribution in [2.45, 2.75) is 33.2 Å². The summed E-state index contributed by atoms with van der Waals surface area (Å²) in [7, 11) is 1.97. The Bertz CT molecular complexity index is 307. The Labute approximate surface area is 91.3 Å². The van der Waals surface area contributed by atoms with E-state index in [0.717, 1.165) is 25.1 Å². The summed E-state index contributed by atoms with van der Waals surface area (Å²) in [6.45, 7) is 5.89. The second-order valence-electron chi connectivity index (χ2n) is 3.80. The molecule has 0 saturated carbocycles. The van der Waals surface area contributed by atoms with Crippen molar-refractivity contribution in [1.82, 2.24) is 15.1 Å². The van der Waals surface area contributed by atoms with Crippen LogP contribution in [0.4, 0.5) is 0 Å². The first-order chi connectivity index (χ1) is 7.20. The number of hydrogen-bond donors (Lipinski definition) is 2. The molecule has 0 radical (unpaired) electrons. The minimum atomic E-state index is 0.151. The van der Waals surface area contributed by atoms with E-state index in [9.17, 15) is 0 Å². The van der Waals surface area contributed by atoms with Gasteiger partial charge in [-0.2, -0.15) is 5.10 Å². The minimum Gasteiger partial charge on any atom is -0.394 e. The molecule has 0 unspecified atom stereocenters. The van der Waals surface area contributed by atoms with Crippen LogP contribution in [0.15, 0.2) is 0 Å². The lowest BCUT2D eigenvalue weighted by molar-refractivity contribution is 0.268. The largest absolute Gasteiger partial charge is 0.394 e. The van der Waals surface area contributed by atoms with Crippen LogP contribution in [0.3, 0.4) is 0 Å². The fourth-order valence-corrected chi connectivity index (χ4v) is 1.85. The van der Waals surface area contributed by atoms with Gasteiger partial charge < -0.3 is 10.4 Å². The second-order valence-corrected chi connectivity index (χ2v) is 3.80. The van der Waals surface area contributed by atoms with Crippen molar-refractivity contribution < 1.29 is 5.11 Å². The van der Waals surface area contributed by atoms with Gasteiger partial charge in [0.15, 0.2) is 0 Å². The highest BCUT2D eigenvalue weighted by atomic mass is 16.3. The number of aromatic nitrogens is 2. The van der Waals surface area contributed by atoms with E-state index < -0.39 is 0 Å². The standard InChI is InChI=1S/C11H21N3O/c1-9-11(5-4-6-12-3)10(2)14(13-9)7-8-15/h12,15H,4-8H2,1-3H3. The number of nitrogens with zero attached hydrogens (tertiary/aromatic N) is 2. The average molecular weight is 211 g/mol. The van der Waals surface area contributed by atoms with Crippen LogP contribution in [0.2, 0.25) is 0 Å². The van der Waals surface area contributed by atoms with Crippen molar-refractivity contribution in [3.63, 3.8) is 0 Å². The molecular formula is C11H21N3O. The molecule has 1 aromatic rings. The fourth-order valence-electron chi connectivity index (χ4n) is 1.85. The van der Waals surface area contributed by atoms with Crippen LogP contribution in [0, 0.1) is 13.8 Å². The van der Waals surface area contributed by atoms with Crippen molar-refractivity contribution in [3.8, 4) is 0 Å². The molecular weight excluding hydrogens is 190 g/mol. The van der Waals surface area contributed by atoms with E-state index in [2.05, 4.69) is 17.3 Å². The van der Waals surface area contributed by atoms with Gasteiger partial charge in [0, 0.05) is 5.69 Å². The molecule has 0 amide bonds. The van der Waals surface area contributed by atoms with Crippen molar-refractivity contribution >= 4 is 0 Å². The monoisotopic (exact) mass is 211 g/mol. The fraction of sp³-hybridized carbons (Fsp3) is 0.727. The quantitative estimate of drug-likeness (QED) is 0.679. The van der Waals surface area contributed by atoms with Gasteiger partial charge in [-0.3, -0.25) is 4.68 Å². The Morgan fingerprint density at radius 3 is 2.73 bits per heavy atom. The third-order valence-corrected chi connectivity index (χ3v) is 2.70. The van der Waals surface area contributed by atoms with Gasteiger partial charge in [0.1, 0.15) is 0 Å². The molecule has 0 aliphatic carbocycles. The van der Waals surface area contributed by atoms with E-state index in [1.807, 2.05) is 18.7 Å². The Hall–Kier alpha value is -0.870. The molecule has 86 valence electrons. The number of hydrogen-bond acceptors (Lipinski definition) is 3. The Kier molecular flexibility index (Phi) is 4.78. The summed E-state index contributed by atoms with van der Waals surface area (Å²) in [5, 5.41) is 16.4. The van der Waals surface area contributed by atoms with Crippen LogP contribution in [-0.4, -0.2) is 35.1 Å². The number of aliphatic hydroxyl groups excluding tert-OH is 1. The van der Waals surface area contributed by atoms with E-state index in [0.29, 0.717) is 6.54 Å². The molecule has 4 heteroatoms. The zero-order chi connectivity index (χ0) is 11.3. The van der Waals surface area contributed by atoms with E-state index >= 15 is 0 Å². The molecule has 0 bridgehead atoms. The lowest BCUT2D eigenvalue weighted by atomic mass is 10.1. The number of aliphatic hydroxyl groups is 1. The summed E-state index contributed by atoms with van der Waals surface area (Å²) < 4.78 is 1.89.